The quantitative estimate of drug-likeness (QED) is 0.651. The molecule has 0 aliphatic rings. The molecular formula is C8H9ClO2. The van der Waals surface area contributed by atoms with Crippen molar-refractivity contribution in [3.8, 4) is 0 Å². The number of furan rings is 1. The molecule has 1 aromatic heterocycles. The molecule has 60 valence electrons. The Hall–Kier alpha value is -0.760. The summed E-state index contributed by atoms with van der Waals surface area (Å²) in [6.45, 7) is 0. The van der Waals surface area contributed by atoms with Crippen molar-refractivity contribution in [1.29, 1.82) is 0 Å². The molecule has 0 saturated carbocycles. The molecule has 0 aliphatic heterocycles. The van der Waals surface area contributed by atoms with Crippen LogP contribution in [0.3, 0.4) is 0 Å². The molecule has 0 atom stereocenters. The van der Waals surface area contributed by atoms with Crippen LogP contribution in [0.4, 0.5) is 0 Å². The highest BCUT2D eigenvalue weighted by atomic mass is 35.5. The van der Waals surface area contributed by atoms with Gasteiger partial charge in [0.05, 0.1) is 12.7 Å². The van der Waals surface area contributed by atoms with Crippen LogP contribution in [0.15, 0.2) is 22.8 Å². The van der Waals surface area contributed by atoms with E-state index in [1.807, 2.05) is 0 Å². The van der Waals surface area contributed by atoms with Crippen LogP contribution in [-0.2, 0) is 11.2 Å². The molecule has 0 aliphatic carbocycles. The zero-order chi connectivity index (χ0) is 8.10. The Labute approximate surface area is 70.2 Å². The maximum Gasteiger partial charge on any atom is 0.141 e. The van der Waals surface area contributed by atoms with E-state index in [1.54, 1.807) is 18.4 Å². The second kappa shape index (κ2) is 4.19. The van der Waals surface area contributed by atoms with Crippen molar-refractivity contribution >= 4 is 17.4 Å². The summed E-state index contributed by atoms with van der Waals surface area (Å²) >= 11 is 5.39. The number of carbonyl (C=O) groups excluding carboxylic acids is 1. The van der Waals surface area contributed by atoms with E-state index in [9.17, 15) is 4.79 Å². The first-order valence-corrected chi connectivity index (χ1v) is 3.96. The number of Topliss-reactive ketones (excluding diaryl/α,β-unsaturated/α-hetero) is 1. The Bertz CT molecular complexity index is 216. The van der Waals surface area contributed by atoms with Crippen LogP contribution in [0.2, 0.25) is 0 Å². The first-order chi connectivity index (χ1) is 5.33. The molecule has 1 heterocycles. The number of hydrogen-bond acceptors (Lipinski definition) is 2. The van der Waals surface area contributed by atoms with Gasteiger partial charge in [-0.05, 0) is 12.1 Å². The van der Waals surface area contributed by atoms with Gasteiger partial charge in [0.1, 0.15) is 11.5 Å². The van der Waals surface area contributed by atoms with Crippen LogP contribution in [0.5, 0.6) is 0 Å². The van der Waals surface area contributed by atoms with E-state index in [2.05, 4.69) is 0 Å². The molecule has 1 rings (SSSR count). The Morgan fingerprint density at radius 2 is 2.45 bits per heavy atom. The molecule has 2 nitrogen and oxygen atoms in total. The van der Waals surface area contributed by atoms with Crippen molar-refractivity contribution in [2.45, 2.75) is 12.8 Å². The van der Waals surface area contributed by atoms with Crippen molar-refractivity contribution in [3.63, 3.8) is 0 Å². The maximum atomic E-state index is 11.0. The lowest BCUT2D eigenvalue weighted by molar-refractivity contribution is -0.118. The van der Waals surface area contributed by atoms with Gasteiger partial charge in [-0.15, -0.1) is 11.6 Å². The minimum Gasteiger partial charge on any atom is -0.469 e. The van der Waals surface area contributed by atoms with Gasteiger partial charge in [0.15, 0.2) is 0 Å². The van der Waals surface area contributed by atoms with Crippen LogP contribution in [0.25, 0.3) is 0 Å². The Kier molecular flexibility index (Phi) is 3.17. The van der Waals surface area contributed by atoms with Gasteiger partial charge in [-0.25, -0.2) is 0 Å². The third kappa shape index (κ3) is 2.76. The number of ketones is 1. The average molecular weight is 173 g/mol. The molecule has 0 fully saturated rings. The minimum atomic E-state index is 0.120. The monoisotopic (exact) mass is 172 g/mol. The Balaban J connectivity index is 2.37. The number of alkyl halides is 1. The smallest absolute Gasteiger partial charge is 0.141 e. The minimum absolute atomic E-state index is 0.120. The van der Waals surface area contributed by atoms with Crippen LogP contribution in [0, 0.1) is 0 Å². The predicted octanol–water partition coefficient (Wildman–Crippen LogP) is 2.02. The maximum absolute atomic E-state index is 11.0. The summed E-state index contributed by atoms with van der Waals surface area (Å²) in [5, 5.41) is 0. The van der Waals surface area contributed by atoms with Crippen LogP contribution in [0.1, 0.15) is 12.2 Å². The fourth-order valence-corrected chi connectivity index (χ4v) is 1.01. The van der Waals surface area contributed by atoms with Crippen molar-refractivity contribution in [3.05, 3.63) is 24.2 Å². The molecule has 0 saturated heterocycles. The standard InChI is InChI=1S/C8H9ClO2/c9-4-3-7(10)6-8-2-1-5-11-8/h1-2,5H,3-4,6H2. The normalized spacial score (nSPS) is 9.91. The van der Waals surface area contributed by atoms with E-state index < -0.39 is 0 Å². The van der Waals surface area contributed by atoms with Gasteiger partial charge in [-0.1, -0.05) is 0 Å². The second-order valence-corrected chi connectivity index (χ2v) is 2.61. The first kappa shape index (κ1) is 8.34. The summed E-state index contributed by atoms with van der Waals surface area (Å²) in [4.78, 5) is 11.0. The molecule has 3 heteroatoms. The van der Waals surface area contributed by atoms with E-state index in [1.165, 1.54) is 0 Å². The SMILES string of the molecule is O=C(CCCl)Cc1ccco1. The summed E-state index contributed by atoms with van der Waals surface area (Å²) in [6.07, 6.45) is 2.34. The van der Waals surface area contributed by atoms with Crippen molar-refractivity contribution in [1.82, 2.24) is 0 Å². The van der Waals surface area contributed by atoms with Crippen LogP contribution in [-0.4, -0.2) is 11.7 Å². The summed E-state index contributed by atoms with van der Waals surface area (Å²) in [6, 6.07) is 3.55. The van der Waals surface area contributed by atoms with E-state index in [0.717, 1.165) is 0 Å². The third-order valence-corrected chi connectivity index (χ3v) is 1.51. The van der Waals surface area contributed by atoms with E-state index in [-0.39, 0.29) is 5.78 Å². The topological polar surface area (TPSA) is 30.2 Å². The number of halogens is 1. The summed E-state index contributed by atoms with van der Waals surface area (Å²) in [7, 11) is 0. The third-order valence-electron chi connectivity index (χ3n) is 1.32. The van der Waals surface area contributed by atoms with Gasteiger partial charge in [0.25, 0.3) is 0 Å². The van der Waals surface area contributed by atoms with Crippen molar-refractivity contribution < 1.29 is 9.21 Å². The number of carbonyl (C=O) groups is 1. The fraction of sp³-hybridized carbons (Fsp3) is 0.375. The van der Waals surface area contributed by atoms with Gasteiger partial charge in [-0.3, -0.25) is 4.79 Å². The average Bonchev–Trinajstić information content (AvgIpc) is 2.40. The highest BCUT2D eigenvalue weighted by Gasteiger charge is 2.03. The second-order valence-electron chi connectivity index (χ2n) is 2.23. The Morgan fingerprint density at radius 3 is 3.00 bits per heavy atom. The molecule has 0 bridgehead atoms. The zero-order valence-corrected chi connectivity index (χ0v) is 6.80. The summed E-state index contributed by atoms with van der Waals surface area (Å²) in [5.74, 6) is 1.22. The molecule has 0 aromatic carbocycles. The van der Waals surface area contributed by atoms with Gasteiger partial charge in [0.2, 0.25) is 0 Å². The fourth-order valence-electron chi connectivity index (χ4n) is 0.801. The summed E-state index contributed by atoms with van der Waals surface area (Å²) in [5.41, 5.74) is 0. The highest BCUT2D eigenvalue weighted by molar-refractivity contribution is 6.19. The first-order valence-electron chi connectivity index (χ1n) is 3.43. The van der Waals surface area contributed by atoms with Gasteiger partial charge < -0.3 is 4.42 Å². The van der Waals surface area contributed by atoms with E-state index in [0.29, 0.717) is 24.5 Å². The van der Waals surface area contributed by atoms with Gasteiger partial charge in [0, 0.05) is 12.3 Å². The highest BCUT2D eigenvalue weighted by Crippen LogP contribution is 2.03. The molecule has 11 heavy (non-hydrogen) atoms. The molecular weight excluding hydrogens is 164 g/mol. The van der Waals surface area contributed by atoms with Gasteiger partial charge >= 0.3 is 0 Å². The Morgan fingerprint density at radius 1 is 1.64 bits per heavy atom. The van der Waals surface area contributed by atoms with Crippen molar-refractivity contribution in [2.24, 2.45) is 0 Å². The molecule has 1 aromatic rings. The lowest BCUT2D eigenvalue weighted by atomic mass is 10.2. The lowest BCUT2D eigenvalue weighted by Crippen LogP contribution is -2.01. The van der Waals surface area contributed by atoms with Gasteiger partial charge in [-0.2, -0.15) is 0 Å². The summed E-state index contributed by atoms with van der Waals surface area (Å²) < 4.78 is 4.99. The molecule has 0 amide bonds. The molecule has 0 radical (unpaired) electrons. The van der Waals surface area contributed by atoms with E-state index in [4.69, 9.17) is 16.0 Å². The van der Waals surface area contributed by atoms with E-state index >= 15 is 0 Å². The lowest BCUT2D eigenvalue weighted by Gasteiger charge is -1.92. The van der Waals surface area contributed by atoms with Crippen molar-refractivity contribution in [2.75, 3.05) is 5.88 Å². The van der Waals surface area contributed by atoms with Crippen LogP contribution < -0.4 is 0 Å². The zero-order valence-electron chi connectivity index (χ0n) is 6.05. The number of hydrogen-bond donors (Lipinski definition) is 0. The molecule has 0 spiro atoms. The molecule has 0 unspecified atom stereocenters. The molecule has 0 N–H and O–H groups in total. The largest absolute Gasteiger partial charge is 0.469 e. The predicted molar refractivity (Wildman–Crippen MR) is 42.8 cm³/mol. The van der Waals surface area contributed by atoms with Crippen LogP contribution >= 0.6 is 11.6 Å². The number of rotatable bonds is 4.